The monoisotopic (exact) mass is 350 g/mol. The van der Waals surface area contributed by atoms with Crippen LogP contribution in [0.1, 0.15) is 36.0 Å². The molecule has 2 saturated carbocycles. The molecule has 1 N–H and O–H groups in total. The van der Waals surface area contributed by atoms with Crippen molar-refractivity contribution in [3.05, 3.63) is 24.3 Å². The molecule has 4 rings (SSSR count). The molecule has 3 fully saturated rings. The van der Waals surface area contributed by atoms with Crippen molar-refractivity contribution in [1.29, 1.82) is 0 Å². The van der Waals surface area contributed by atoms with Gasteiger partial charge in [-0.1, -0.05) is 0 Å². The summed E-state index contributed by atoms with van der Waals surface area (Å²) in [5.74, 6) is -2.56. The number of amides is 2. The molecule has 2 aliphatic carbocycles. The van der Waals surface area contributed by atoms with Gasteiger partial charge >= 0.3 is 0 Å². The summed E-state index contributed by atoms with van der Waals surface area (Å²) in [5.41, 5.74) is 0.185. The van der Waals surface area contributed by atoms with E-state index in [9.17, 15) is 18.4 Å². The molecule has 6 nitrogen and oxygen atoms in total. The minimum absolute atomic E-state index is 0.0397. The van der Waals surface area contributed by atoms with Gasteiger partial charge in [-0.3, -0.25) is 9.59 Å². The van der Waals surface area contributed by atoms with Gasteiger partial charge in [-0.05, 0) is 18.3 Å². The zero-order chi connectivity index (χ0) is 17.7. The first-order valence-corrected chi connectivity index (χ1v) is 8.56. The van der Waals surface area contributed by atoms with E-state index in [1.807, 2.05) is 0 Å². The number of hydrogen-bond acceptors (Lipinski definition) is 4. The van der Waals surface area contributed by atoms with E-state index in [0.717, 1.165) is 0 Å². The largest absolute Gasteiger partial charge is 0.355 e. The predicted molar refractivity (Wildman–Crippen MR) is 83.8 cm³/mol. The first-order chi connectivity index (χ1) is 11.9. The van der Waals surface area contributed by atoms with Crippen LogP contribution in [0.25, 0.3) is 0 Å². The van der Waals surface area contributed by atoms with Gasteiger partial charge in [0.2, 0.25) is 11.8 Å². The first kappa shape index (κ1) is 16.4. The SMILES string of the molecule is O=C(NCC1CN(C(=O)c2cncnc2)C1)C1CC2(C1)CC(F)(F)C2. The minimum Gasteiger partial charge on any atom is -0.355 e. The van der Waals surface area contributed by atoms with Gasteiger partial charge in [-0.2, -0.15) is 0 Å². The Bertz CT molecular complexity index is 675. The third-order valence-corrected chi connectivity index (χ3v) is 5.61. The smallest absolute Gasteiger partial charge is 0.257 e. The average Bonchev–Trinajstić information content (AvgIpc) is 2.48. The van der Waals surface area contributed by atoms with Crippen molar-refractivity contribution >= 4 is 11.8 Å². The van der Waals surface area contributed by atoms with Gasteiger partial charge in [-0.15, -0.1) is 0 Å². The second-order valence-electron chi connectivity index (χ2n) is 7.76. The second-order valence-corrected chi connectivity index (χ2v) is 7.76. The molecule has 0 aromatic carbocycles. The van der Waals surface area contributed by atoms with Crippen molar-refractivity contribution in [3.8, 4) is 0 Å². The molecule has 2 heterocycles. The van der Waals surface area contributed by atoms with Gasteiger partial charge in [-0.25, -0.2) is 18.7 Å². The highest BCUT2D eigenvalue weighted by atomic mass is 19.3. The number of nitrogens with zero attached hydrogens (tertiary/aromatic N) is 3. The number of carbonyl (C=O) groups excluding carboxylic acids is 2. The first-order valence-electron chi connectivity index (χ1n) is 8.56. The molecule has 1 spiro atoms. The molecular weight excluding hydrogens is 330 g/mol. The summed E-state index contributed by atoms with van der Waals surface area (Å²) in [6.07, 6.45) is 5.39. The molecule has 2 amide bonds. The van der Waals surface area contributed by atoms with Crippen LogP contribution in [0.15, 0.2) is 18.7 Å². The van der Waals surface area contributed by atoms with E-state index in [4.69, 9.17) is 0 Å². The molecule has 8 heteroatoms. The third-order valence-electron chi connectivity index (χ3n) is 5.61. The average molecular weight is 350 g/mol. The van der Waals surface area contributed by atoms with Gasteiger partial charge in [0.1, 0.15) is 6.33 Å². The van der Waals surface area contributed by atoms with E-state index in [1.165, 1.54) is 18.7 Å². The van der Waals surface area contributed by atoms with Crippen molar-refractivity contribution in [2.45, 2.75) is 31.6 Å². The molecule has 1 aliphatic heterocycles. The summed E-state index contributed by atoms with van der Waals surface area (Å²) in [4.78, 5) is 33.6. The molecule has 1 saturated heterocycles. The second kappa shape index (κ2) is 5.71. The summed E-state index contributed by atoms with van der Waals surface area (Å²) in [7, 11) is 0. The summed E-state index contributed by atoms with van der Waals surface area (Å²) in [5, 5.41) is 2.90. The molecule has 0 bridgehead atoms. The van der Waals surface area contributed by atoms with Crippen LogP contribution >= 0.6 is 0 Å². The van der Waals surface area contributed by atoms with Crippen molar-refractivity contribution in [1.82, 2.24) is 20.2 Å². The Balaban J connectivity index is 1.15. The fraction of sp³-hybridized carbons (Fsp3) is 0.647. The molecule has 0 radical (unpaired) electrons. The molecule has 25 heavy (non-hydrogen) atoms. The van der Waals surface area contributed by atoms with E-state index in [-0.39, 0.29) is 41.9 Å². The minimum atomic E-state index is -2.52. The maximum absolute atomic E-state index is 13.0. The van der Waals surface area contributed by atoms with Crippen LogP contribution < -0.4 is 5.32 Å². The number of carbonyl (C=O) groups is 2. The van der Waals surface area contributed by atoms with E-state index in [0.29, 0.717) is 38.0 Å². The summed E-state index contributed by atoms with van der Waals surface area (Å²) in [6, 6.07) is 0. The molecule has 0 atom stereocenters. The molecule has 134 valence electrons. The Morgan fingerprint density at radius 3 is 2.44 bits per heavy atom. The van der Waals surface area contributed by atoms with Gasteiger partial charge in [0.25, 0.3) is 5.91 Å². The fourth-order valence-corrected chi connectivity index (χ4v) is 4.35. The molecule has 3 aliphatic rings. The maximum Gasteiger partial charge on any atom is 0.257 e. The van der Waals surface area contributed by atoms with Gasteiger partial charge in [0, 0.05) is 56.7 Å². The number of hydrogen-bond donors (Lipinski definition) is 1. The summed E-state index contributed by atoms with van der Waals surface area (Å²) >= 11 is 0. The van der Waals surface area contributed by atoms with Crippen LogP contribution in [0.2, 0.25) is 0 Å². The maximum atomic E-state index is 13.0. The van der Waals surface area contributed by atoms with Crippen LogP contribution in [0, 0.1) is 17.3 Å². The topological polar surface area (TPSA) is 75.2 Å². The highest BCUT2D eigenvalue weighted by Crippen LogP contribution is 2.64. The Labute approximate surface area is 144 Å². The lowest BCUT2D eigenvalue weighted by Crippen LogP contribution is -2.58. The molecule has 0 unspecified atom stereocenters. The lowest BCUT2D eigenvalue weighted by molar-refractivity contribution is -0.207. The van der Waals surface area contributed by atoms with E-state index < -0.39 is 5.92 Å². The number of alkyl halides is 2. The van der Waals surface area contributed by atoms with Gasteiger partial charge < -0.3 is 10.2 Å². The highest BCUT2D eigenvalue weighted by Gasteiger charge is 2.62. The highest BCUT2D eigenvalue weighted by molar-refractivity contribution is 5.94. The van der Waals surface area contributed by atoms with Crippen LogP contribution in [0.5, 0.6) is 0 Å². The van der Waals surface area contributed by atoms with E-state index >= 15 is 0 Å². The lowest BCUT2D eigenvalue weighted by Gasteiger charge is -2.56. The lowest BCUT2D eigenvalue weighted by atomic mass is 9.50. The Morgan fingerprint density at radius 2 is 1.84 bits per heavy atom. The van der Waals surface area contributed by atoms with Crippen LogP contribution in [-0.4, -0.2) is 52.2 Å². The standard InChI is InChI=1S/C17H20F2N4O2/c18-17(19)8-16(9-17)1-12(2-16)14(24)22-3-11-6-23(7-11)15(25)13-4-20-10-21-5-13/h4-5,10-12H,1-3,6-9H2,(H,22,24). The molecule has 1 aromatic rings. The van der Waals surface area contributed by atoms with Gasteiger partial charge in [0.15, 0.2) is 0 Å². The third kappa shape index (κ3) is 3.09. The quantitative estimate of drug-likeness (QED) is 0.893. The Morgan fingerprint density at radius 1 is 1.20 bits per heavy atom. The fourth-order valence-electron chi connectivity index (χ4n) is 4.35. The zero-order valence-electron chi connectivity index (χ0n) is 13.8. The van der Waals surface area contributed by atoms with Crippen molar-refractivity contribution < 1.29 is 18.4 Å². The van der Waals surface area contributed by atoms with Crippen molar-refractivity contribution in [2.75, 3.05) is 19.6 Å². The predicted octanol–water partition coefficient (Wildman–Crippen LogP) is 1.49. The van der Waals surface area contributed by atoms with Gasteiger partial charge in [0.05, 0.1) is 5.56 Å². The van der Waals surface area contributed by atoms with Crippen LogP contribution in [0.4, 0.5) is 8.78 Å². The number of rotatable bonds is 4. The number of likely N-dealkylation sites (tertiary alicyclic amines) is 1. The Kier molecular flexibility index (Phi) is 3.73. The van der Waals surface area contributed by atoms with Crippen molar-refractivity contribution in [2.24, 2.45) is 17.3 Å². The molecular formula is C17H20F2N4O2. The zero-order valence-corrected chi connectivity index (χ0v) is 13.8. The number of halogens is 2. The molecule has 1 aromatic heterocycles. The van der Waals surface area contributed by atoms with Crippen molar-refractivity contribution in [3.63, 3.8) is 0 Å². The normalized spacial score (nSPS) is 24.2. The summed E-state index contributed by atoms with van der Waals surface area (Å²) < 4.78 is 25.9. The number of aromatic nitrogens is 2. The van der Waals surface area contributed by atoms with E-state index in [1.54, 1.807) is 4.90 Å². The van der Waals surface area contributed by atoms with E-state index in [2.05, 4.69) is 15.3 Å². The number of nitrogens with one attached hydrogen (secondary N) is 1. The summed E-state index contributed by atoms with van der Waals surface area (Å²) in [6.45, 7) is 1.71. The van der Waals surface area contributed by atoms with Crippen LogP contribution in [-0.2, 0) is 4.79 Å². The van der Waals surface area contributed by atoms with Crippen LogP contribution in [0.3, 0.4) is 0 Å². The Hall–Kier alpha value is -2.12.